The number of nitrogens with zero attached hydrogens (tertiary/aromatic N) is 3. The summed E-state index contributed by atoms with van der Waals surface area (Å²) in [7, 11) is 0. The van der Waals surface area contributed by atoms with Crippen LogP contribution in [-0.2, 0) is 0 Å². The number of amides is 1. The number of aromatic nitrogens is 2. The normalized spacial score (nSPS) is 15.7. The van der Waals surface area contributed by atoms with E-state index in [1.807, 2.05) is 39.0 Å². The predicted octanol–water partition coefficient (Wildman–Crippen LogP) is 4.96. The molecule has 1 aliphatic rings. The molecule has 1 atom stereocenters. The molecule has 4 aromatic rings. The van der Waals surface area contributed by atoms with E-state index < -0.39 is 0 Å². The maximum atomic E-state index is 13.5. The Morgan fingerprint density at radius 1 is 1.18 bits per heavy atom. The van der Waals surface area contributed by atoms with Crippen molar-refractivity contribution in [3.8, 4) is 11.3 Å². The van der Waals surface area contributed by atoms with Gasteiger partial charge in [-0.3, -0.25) is 9.69 Å². The summed E-state index contributed by atoms with van der Waals surface area (Å²) in [4.78, 5) is 20.4. The number of carbonyl (C=O) groups is 1. The zero-order chi connectivity index (χ0) is 22.9. The molecule has 0 aromatic carbocycles. The molecule has 1 N–H and O–H groups in total. The number of fused-ring (bicyclic) bond motifs is 1. The first-order valence-electron chi connectivity index (χ1n) is 11.4. The highest BCUT2D eigenvalue weighted by Gasteiger charge is 2.26. The Hall–Kier alpha value is -3.39. The third-order valence-corrected chi connectivity index (χ3v) is 6.34. The fourth-order valence-corrected chi connectivity index (χ4v) is 4.70. The molecular weight excluding hydrogens is 420 g/mol. The topological polar surface area (TPSA) is 97.5 Å². The Balaban J connectivity index is 1.46. The van der Waals surface area contributed by atoms with Gasteiger partial charge in [-0.05, 0) is 71.0 Å². The molecule has 0 radical (unpaired) electrons. The van der Waals surface area contributed by atoms with Crippen LogP contribution < -0.4 is 5.32 Å². The second-order valence-corrected chi connectivity index (χ2v) is 8.67. The number of rotatable bonds is 6. The molecule has 172 valence electrons. The van der Waals surface area contributed by atoms with Crippen molar-refractivity contribution in [3.63, 3.8) is 0 Å². The number of hydrogen-bond acceptors (Lipinski definition) is 7. The Bertz CT molecular complexity index is 1270. The van der Waals surface area contributed by atoms with E-state index in [0.717, 1.165) is 48.8 Å². The van der Waals surface area contributed by atoms with Gasteiger partial charge in [0.1, 0.15) is 17.3 Å². The fraction of sp³-hybridized carbons (Fsp3) is 0.400. The smallest absolute Gasteiger partial charge is 0.259 e. The van der Waals surface area contributed by atoms with Crippen molar-refractivity contribution < 1.29 is 18.2 Å². The minimum Gasteiger partial charge on any atom is -0.468 e. The fourth-order valence-electron chi connectivity index (χ4n) is 4.70. The predicted molar refractivity (Wildman–Crippen MR) is 123 cm³/mol. The lowest BCUT2D eigenvalue weighted by atomic mass is 10.0. The van der Waals surface area contributed by atoms with Crippen LogP contribution in [0.25, 0.3) is 22.4 Å². The summed E-state index contributed by atoms with van der Waals surface area (Å²) >= 11 is 0. The third-order valence-electron chi connectivity index (χ3n) is 6.34. The van der Waals surface area contributed by atoms with Crippen molar-refractivity contribution in [1.29, 1.82) is 0 Å². The van der Waals surface area contributed by atoms with Crippen LogP contribution in [-0.4, -0.2) is 40.6 Å². The standard InChI is InChI=1S/C25H28N4O4/c1-15-12-18(17(3)32-15)20-13-19(23-16(2)28-33-25(23)27-20)24(30)26-14-21(22-8-7-11-31-22)29-9-5-4-6-10-29/h7-8,11-13,21H,4-6,9-10,14H2,1-3H3,(H,26,30)/t21-/m1/s1. The molecule has 1 fully saturated rings. The second kappa shape index (κ2) is 8.86. The minimum absolute atomic E-state index is 0.0108. The van der Waals surface area contributed by atoms with Gasteiger partial charge in [-0.25, -0.2) is 4.98 Å². The van der Waals surface area contributed by atoms with Crippen LogP contribution in [0.3, 0.4) is 0 Å². The number of nitrogens with one attached hydrogen (secondary N) is 1. The molecule has 4 aromatic heterocycles. The van der Waals surface area contributed by atoms with Gasteiger partial charge in [0.15, 0.2) is 0 Å². The van der Waals surface area contributed by atoms with Crippen LogP contribution in [0.15, 0.2) is 43.9 Å². The van der Waals surface area contributed by atoms with Crippen LogP contribution in [0.2, 0.25) is 0 Å². The van der Waals surface area contributed by atoms with Crippen molar-refractivity contribution >= 4 is 17.0 Å². The van der Waals surface area contributed by atoms with Gasteiger partial charge in [0, 0.05) is 12.1 Å². The number of pyridine rings is 1. The van der Waals surface area contributed by atoms with Gasteiger partial charge in [-0.1, -0.05) is 11.6 Å². The molecule has 0 unspecified atom stereocenters. The number of likely N-dealkylation sites (tertiary alicyclic amines) is 1. The van der Waals surface area contributed by atoms with Gasteiger partial charge < -0.3 is 18.7 Å². The lowest BCUT2D eigenvalue weighted by Crippen LogP contribution is -2.40. The number of hydrogen-bond donors (Lipinski definition) is 1. The van der Waals surface area contributed by atoms with Crippen molar-refractivity contribution in [2.24, 2.45) is 0 Å². The van der Waals surface area contributed by atoms with Crippen molar-refractivity contribution in [2.75, 3.05) is 19.6 Å². The molecule has 8 heteroatoms. The first-order valence-corrected chi connectivity index (χ1v) is 11.4. The summed E-state index contributed by atoms with van der Waals surface area (Å²) in [5, 5.41) is 7.80. The van der Waals surface area contributed by atoms with E-state index in [1.165, 1.54) is 6.42 Å². The SMILES string of the molecule is Cc1cc(-c2cc(C(=O)NC[C@H](c3ccco3)N3CCCCC3)c3c(C)noc3n2)c(C)o1. The third kappa shape index (κ3) is 4.18. The van der Waals surface area contributed by atoms with E-state index in [9.17, 15) is 4.79 Å². The highest BCUT2D eigenvalue weighted by Crippen LogP contribution is 2.31. The maximum Gasteiger partial charge on any atom is 0.259 e. The molecule has 33 heavy (non-hydrogen) atoms. The lowest BCUT2D eigenvalue weighted by molar-refractivity contribution is 0.0915. The largest absolute Gasteiger partial charge is 0.468 e. The van der Waals surface area contributed by atoms with Crippen molar-refractivity contribution in [1.82, 2.24) is 20.4 Å². The van der Waals surface area contributed by atoms with Crippen LogP contribution >= 0.6 is 0 Å². The maximum absolute atomic E-state index is 13.5. The molecular formula is C25H28N4O4. The van der Waals surface area contributed by atoms with Crippen LogP contribution in [0.4, 0.5) is 0 Å². The van der Waals surface area contributed by atoms with E-state index in [1.54, 1.807) is 12.3 Å². The zero-order valence-electron chi connectivity index (χ0n) is 19.2. The van der Waals surface area contributed by atoms with Crippen LogP contribution in [0.1, 0.15) is 58.6 Å². The molecule has 0 spiro atoms. The Labute approximate surface area is 191 Å². The summed E-state index contributed by atoms with van der Waals surface area (Å²) in [5.41, 5.74) is 2.92. The zero-order valence-corrected chi connectivity index (χ0v) is 19.2. The van der Waals surface area contributed by atoms with E-state index in [2.05, 4.69) is 20.4 Å². The first kappa shape index (κ1) is 21.5. The number of carbonyl (C=O) groups excluding carboxylic acids is 1. The van der Waals surface area contributed by atoms with Gasteiger partial charge in [0.25, 0.3) is 11.6 Å². The first-order chi connectivity index (χ1) is 16.0. The molecule has 5 heterocycles. The Kier molecular flexibility index (Phi) is 5.76. The quantitative estimate of drug-likeness (QED) is 0.445. The highest BCUT2D eigenvalue weighted by molar-refractivity contribution is 6.07. The summed E-state index contributed by atoms with van der Waals surface area (Å²) < 4.78 is 16.8. The summed E-state index contributed by atoms with van der Waals surface area (Å²) in [6, 6.07) is 7.56. The Morgan fingerprint density at radius 2 is 2.00 bits per heavy atom. The van der Waals surface area contributed by atoms with Crippen LogP contribution in [0, 0.1) is 20.8 Å². The number of aryl methyl sites for hydroxylation is 3. The summed E-state index contributed by atoms with van der Waals surface area (Å²) in [5.74, 6) is 2.20. The van der Waals surface area contributed by atoms with Gasteiger partial charge in [-0.15, -0.1) is 0 Å². The van der Waals surface area contributed by atoms with E-state index >= 15 is 0 Å². The molecule has 1 saturated heterocycles. The van der Waals surface area contributed by atoms with Crippen molar-refractivity contribution in [2.45, 2.75) is 46.1 Å². The summed E-state index contributed by atoms with van der Waals surface area (Å²) in [6.45, 7) is 8.02. The average molecular weight is 449 g/mol. The van der Waals surface area contributed by atoms with Crippen LogP contribution in [0.5, 0.6) is 0 Å². The van der Waals surface area contributed by atoms with E-state index in [4.69, 9.17) is 13.4 Å². The minimum atomic E-state index is -0.193. The monoisotopic (exact) mass is 448 g/mol. The van der Waals surface area contributed by atoms with Gasteiger partial charge in [0.2, 0.25) is 0 Å². The molecule has 0 saturated carbocycles. The molecule has 8 nitrogen and oxygen atoms in total. The molecule has 5 rings (SSSR count). The van der Waals surface area contributed by atoms with Gasteiger partial charge in [-0.2, -0.15) is 0 Å². The average Bonchev–Trinajstić information content (AvgIpc) is 3.55. The second-order valence-electron chi connectivity index (χ2n) is 8.67. The Morgan fingerprint density at radius 3 is 2.70 bits per heavy atom. The molecule has 0 aliphatic carbocycles. The summed E-state index contributed by atoms with van der Waals surface area (Å²) in [6.07, 6.45) is 5.24. The van der Waals surface area contributed by atoms with Gasteiger partial charge in [0.05, 0.1) is 34.6 Å². The number of furan rings is 2. The molecule has 1 aliphatic heterocycles. The molecule has 0 bridgehead atoms. The highest BCUT2D eigenvalue weighted by atomic mass is 16.5. The van der Waals surface area contributed by atoms with Crippen molar-refractivity contribution in [3.05, 3.63) is 59.1 Å². The number of piperidine rings is 1. The molecule has 1 amide bonds. The van der Waals surface area contributed by atoms with Gasteiger partial charge >= 0.3 is 0 Å². The van der Waals surface area contributed by atoms with E-state index in [-0.39, 0.29) is 11.9 Å². The van der Waals surface area contributed by atoms with E-state index in [0.29, 0.717) is 34.6 Å². The lowest BCUT2D eigenvalue weighted by Gasteiger charge is -2.33.